The third kappa shape index (κ3) is 3.27. The Labute approximate surface area is 111 Å². The van der Waals surface area contributed by atoms with Crippen molar-refractivity contribution in [3.63, 3.8) is 0 Å². The Hall–Kier alpha value is -1.54. The van der Waals surface area contributed by atoms with E-state index >= 15 is 0 Å². The topological polar surface area (TPSA) is 104 Å². The van der Waals surface area contributed by atoms with Crippen molar-refractivity contribution in [2.45, 2.75) is 51.4 Å². The maximum absolute atomic E-state index is 11.1. The summed E-state index contributed by atoms with van der Waals surface area (Å²) in [5.74, 6) is -0.266. The lowest BCUT2D eigenvalue weighted by Gasteiger charge is -2.19. The summed E-state index contributed by atoms with van der Waals surface area (Å²) in [6, 6.07) is -0.661. The molecule has 1 fully saturated rings. The first-order valence-corrected chi connectivity index (χ1v) is 6.51. The normalized spacial score (nSPS) is 23.9. The number of rotatable bonds is 6. The largest absolute Gasteiger partial charge is 0.480 e. The van der Waals surface area contributed by atoms with Crippen LogP contribution in [-0.2, 0) is 17.9 Å². The zero-order valence-electron chi connectivity index (χ0n) is 10.9. The summed E-state index contributed by atoms with van der Waals surface area (Å²) in [5, 5.41) is 30.2. The fraction of sp³-hybridized carbons (Fsp3) is 0.818. The van der Waals surface area contributed by atoms with Gasteiger partial charge in [-0.25, -0.2) is 4.68 Å². The SMILES string of the molecule is CCCCn1nnnc1CN1CC(O)CC1C(=O)O. The summed E-state index contributed by atoms with van der Waals surface area (Å²) in [7, 11) is 0. The zero-order valence-corrected chi connectivity index (χ0v) is 10.9. The van der Waals surface area contributed by atoms with Crippen molar-refractivity contribution in [2.75, 3.05) is 6.54 Å². The molecule has 2 atom stereocenters. The minimum atomic E-state index is -0.913. The highest BCUT2D eigenvalue weighted by molar-refractivity contribution is 5.74. The molecular formula is C11H19N5O3. The number of aliphatic carboxylic acids is 1. The molecule has 2 N–H and O–H groups in total. The summed E-state index contributed by atoms with van der Waals surface area (Å²) in [6.45, 7) is 3.51. The Morgan fingerprint density at radius 2 is 2.32 bits per heavy atom. The second-order valence-electron chi connectivity index (χ2n) is 4.84. The van der Waals surface area contributed by atoms with Crippen molar-refractivity contribution in [3.8, 4) is 0 Å². The number of nitrogens with zero attached hydrogens (tertiary/aromatic N) is 5. The molecular weight excluding hydrogens is 250 g/mol. The second-order valence-corrected chi connectivity index (χ2v) is 4.84. The molecule has 1 aromatic rings. The van der Waals surface area contributed by atoms with Crippen LogP contribution in [0.3, 0.4) is 0 Å². The first-order chi connectivity index (χ1) is 9.11. The molecule has 0 aromatic carbocycles. The van der Waals surface area contributed by atoms with Crippen molar-refractivity contribution >= 4 is 5.97 Å². The van der Waals surface area contributed by atoms with Gasteiger partial charge in [-0.3, -0.25) is 9.69 Å². The van der Waals surface area contributed by atoms with Crippen LogP contribution in [0.25, 0.3) is 0 Å². The predicted molar refractivity (Wildman–Crippen MR) is 65.2 cm³/mol. The van der Waals surface area contributed by atoms with Gasteiger partial charge in [-0.2, -0.15) is 0 Å². The van der Waals surface area contributed by atoms with Gasteiger partial charge in [0.2, 0.25) is 0 Å². The molecule has 2 rings (SSSR count). The Bertz CT molecular complexity index is 436. The molecule has 1 aliphatic rings. The number of aliphatic hydroxyl groups is 1. The second kappa shape index (κ2) is 6.07. The number of aliphatic hydroxyl groups excluding tert-OH is 1. The fourth-order valence-electron chi connectivity index (χ4n) is 2.31. The highest BCUT2D eigenvalue weighted by Gasteiger charge is 2.36. The van der Waals surface area contributed by atoms with Crippen LogP contribution in [0.1, 0.15) is 32.0 Å². The lowest BCUT2D eigenvalue weighted by Crippen LogP contribution is -2.36. The van der Waals surface area contributed by atoms with E-state index in [1.165, 1.54) is 0 Å². The van der Waals surface area contributed by atoms with Crippen LogP contribution in [0, 0.1) is 0 Å². The Balaban J connectivity index is 2.03. The monoisotopic (exact) mass is 269 g/mol. The summed E-state index contributed by atoms with van der Waals surface area (Å²) < 4.78 is 1.70. The predicted octanol–water partition coefficient (Wildman–Crippen LogP) is -0.507. The molecule has 0 saturated carbocycles. The Morgan fingerprint density at radius 1 is 1.53 bits per heavy atom. The molecule has 2 heterocycles. The van der Waals surface area contributed by atoms with Gasteiger partial charge in [0.25, 0.3) is 0 Å². The van der Waals surface area contributed by atoms with Crippen molar-refractivity contribution in [1.82, 2.24) is 25.1 Å². The number of hydrogen-bond acceptors (Lipinski definition) is 6. The van der Waals surface area contributed by atoms with Crippen molar-refractivity contribution < 1.29 is 15.0 Å². The maximum Gasteiger partial charge on any atom is 0.321 e. The number of hydrogen-bond donors (Lipinski definition) is 2. The van der Waals surface area contributed by atoms with E-state index in [1.807, 2.05) is 0 Å². The van der Waals surface area contributed by atoms with E-state index < -0.39 is 18.1 Å². The minimum Gasteiger partial charge on any atom is -0.480 e. The summed E-state index contributed by atoms with van der Waals surface area (Å²) >= 11 is 0. The Kier molecular flexibility index (Phi) is 4.43. The summed E-state index contributed by atoms with van der Waals surface area (Å²) in [4.78, 5) is 12.8. The molecule has 106 valence electrons. The minimum absolute atomic E-state index is 0.256. The number of unbranched alkanes of at least 4 members (excludes halogenated alkanes) is 1. The molecule has 2 unspecified atom stereocenters. The number of carboxylic acids is 1. The molecule has 8 heteroatoms. The van der Waals surface area contributed by atoms with E-state index in [1.54, 1.807) is 9.58 Å². The summed E-state index contributed by atoms with van der Waals surface area (Å²) in [5.41, 5.74) is 0. The third-order valence-electron chi connectivity index (χ3n) is 3.34. The van der Waals surface area contributed by atoms with E-state index in [2.05, 4.69) is 22.4 Å². The zero-order chi connectivity index (χ0) is 13.8. The molecule has 8 nitrogen and oxygen atoms in total. The molecule has 1 saturated heterocycles. The van der Waals surface area contributed by atoms with Crippen LogP contribution in [0.4, 0.5) is 0 Å². The van der Waals surface area contributed by atoms with Gasteiger partial charge in [-0.15, -0.1) is 5.10 Å². The fourth-order valence-corrected chi connectivity index (χ4v) is 2.31. The van der Waals surface area contributed by atoms with E-state index in [4.69, 9.17) is 5.11 Å². The molecule has 1 aliphatic heterocycles. The number of carboxylic acid groups (broad SMARTS) is 1. The quantitative estimate of drug-likeness (QED) is 0.716. The highest BCUT2D eigenvalue weighted by atomic mass is 16.4. The smallest absolute Gasteiger partial charge is 0.321 e. The van der Waals surface area contributed by atoms with Crippen LogP contribution >= 0.6 is 0 Å². The van der Waals surface area contributed by atoms with Gasteiger partial charge < -0.3 is 10.2 Å². The molecule has 19 heavy (non-hydrogen) atoms. The lowest BCUT2D eigenvalue weighted by molar-refractivity contribution is -0.142. The number of aromatic nitrogens is 4. The van der Waals surface area contributed by atoms with Crippen LogP contribution in [0.5, 0.6) is 0 Å². The van der Waals surface area contributed by atoms with Crippen LogP contribution < -0.4 is 0 Å². The van der Waals surface area contributed by atoms with E-state index in [0.717, 1.165) is 19.4 Å². The van der Waals surface area contributed by atoms with Crippen molar-refractivity contribution in [3.05, 3.63) is 5.82 Å². The number of β-amino-alcohol motifs (C(OH)–C–C–N with tert-alkyl or cyclic N) is 1. The first-order valence-electron chi connectivity index (χ1n) is 6.51. The van der Waals surface area contributed by atoms with Crippen molar-refractivity contribution in [2.24, 2.45) is 0 Å². The molecule has 1 aromatic heterocycles. The lowest BCUT2D eigenvalue weighted by atomic mass is 10.2. The van der Waals surface area contributed by atoms with Gasteiger partial charge >= 0.3 is 5.97 Å². The number of carbonyl (C=O) groups is 1. The van der Waals surface area contributed by atoms with Gasteiger partial charge in [0.1, 0.15) is 6.04 Å². The standard InChI is InChI=1S/C11H19N5O3/c1-2-3-4-16-10(12-13-14-16)7-15-6-8(17)5-9(15)11(18)19/h8-9,17H,2-7H2,1H3,(H,18,19). The van der Waals surface area contributed by atoms with Gasteiger partial charge in [0.15, 0.2) is 5.82 Å². The first kappa shape index (κ1) is 13.9. The van der Waals surface area contributed by atoms with Gasteiger partial charge in [-0.05, 0) is 16.8 Å². The van der Waals surface area contributed by atoms with Crippen molar-refractivity contribution in [1.29, 1.82) is 0 Å². The number of aryl methyl sites for hydroxylation is 1. The number of tetrazole rings is 1. The highest BCUT2D eigenvalue weighted by Crippen LogP contribution is 2.20. The Morgan fingerprint density at radius 3 is 3.00 bits per heavy atom. The molecule has 0 bridgehead atoms. The molecule has 0 radical (unpaired) electrons. The van der Waals surface area contributed by atoms with Crippen LogP contribution in [0.2, 0.25) is 0 Å². The third-order valence-corrected chi connectivity index (χ3v) is 3.34. The molecule has 0 amide bonds. The van der Waals surface area contributed by atoms with Gasteiger partial charge in [-0.1, -0.05) is 13.3 Å². The maximum atomic E-state index is 11.1. The number of likely N-dealkylation sites (tertiary alicyclic amines) is 1. The molecule has 0 aliphatic carbocycles. The van der Waals surface area contributed by atoms with Gasteiger partial charge in [0.05, 0.1) is 12.6 Å². The van der Waals surface area contributed by atoms with E-state index in [-0.39, 0.29) is 6.42 Å². The van der Waals surface area contributed by atoms with Crippen LogP contribution in [-0.4, -0.2) is 60.0 Å². The summed E-state index contributed by atoms with van der Waals surface area (Å²) in [6.07, 6.45) is 1.68. The van der Waals surface area contributed by atoms with Crippen LogP contribution in [0.15, 0.2) is 0 Å². The van der Waals surface area contributed by atoms with Gasteiger partial charge in [0, 0.05) is 19.5 Å². The molecule has 0 spiro atoms. The van der Waals surface area contributed by atoms with E-state index in [0.29, 0.717) is 18.9 Å². The average molecular weight is 269 g/mol. The average Bonchev–Trinajstić information content (AvgIpc) is 2.94. The van der Waals surface area contributed by atoms with E-state index in [9.17, 15) is 9.90 Å².